The van der Waals surface area contributed by atoms with Crippen LogP contribution in [0.3, 0.4) is 0 Å². The van der Waals surface area contributed by atoms with Crippen LogP contribution in [0.5, 0.6) is 11.5 Å². The van der Waals surface area contributed by atoms with Crippen molar-refractivity contribution in [3.63, 3.8) is 0 Å². The van der Waals surface area contributed by atoms with E-state index in [-0.39, 0.29) is 24.0 Å². The molecule has 20 heavy (non-hydrogen) atoms. The molecule has 110 valence electrons. The fourth-order valence-corrected chi connectivity index (χ4v) is 1.69. The predicted molar refractivity (Wildman–Crippen MR) is 71.1 cm³/mol. The Hall–Kier alpha value is -2.31. The first-order chi connectivity index (χ1) is 9.38. The van der Waals surface area contributed by atoms with E-state index in [1.54, 1.807) is 13.8 Å². The number of benzene rings is 1. The first-order valence-electron chi connectivity index (χ1n) is 5.97. The SMILES string of the molecule is COc1cc(OC)c([N+](=O)[O-])cc1CC(=O)OC(C)C. The van der Waals surface area contributed by atoms with Gasteiger partial charge in [-0.2, -0.15) is 0 Å². The fraction of sp³-hybridized carbons (Fsp3) is 0.462. The van der Waals surface area contributed by atoms with Gasteiger partial charge in [-0.1, -0.05) is 0 Å². The van der Waals surface area contributed by atoms with Gasteiger partial charge in [0.2, 0.25) is 5.75 Å². The molecule has 0 aliphatic rings. The summed E-state index contributed by atoms with van der Waals surface area (Å²) in [6.07, 6.45) is -0.353. The van der Waals surface area contributed by atoms with E-state index >= 15 is 0 Å². The van der Waals surface area contributed by atoms with Gasteiger partial charge in [0.25, 0.3) is 0 Å². The molecule has 1 aromatic carbocycles. The molecule has 0 amide bonds. The largest absolute Gasteiger partial charge is 0.496 e. The van der Waals surface area contributed by atoms with Crippen molar-refractivity contribution >= 4 is 11.7 Å². The summed E-state index contributed by atoms with van der Waals surface area (Å²) in [5.74, 6) is -0.0567. The van der Waals surface area contributed by atoms with Crippen molar-refractivity contribution in [1.29, 1.82) is 0 Å². The van der Waals surface area contributed by atoms with E-state index in [4.69, 9.17) is 14.2 Å². The van der Waals surface area contributed by atoms with Crippen molar-refractivity contribution in [3.05, 3.63) is 27.8 Å². The summed E-state index contributed by atoms with van der Waals surface area (Å²) >= 11 is 0. The first-order valence-corrected chi connectivity index (χ1v) is 5.97. The second-order valence-corrected chi connectivity index (χ2v) is 4.31. The smallest absolute Gasteiger partial charge is 0.311 e. The highest BCUT2D eigenvalue weighted by molar-refractivity contribution is 5.74. The van der Waals surface area contributed by atoms with Crippen LogP contribution in [0.15, 0.2) is 12.1 Å². The van der Waals surface area contributed by atoms with Gasteiger partial charge in [-0.25, -0.2) is 0 Å². The number of nitro groups is 1. The van der Waals surface area contributed by atoms with Gasteiger partial charge in [0.15, 0.2) is 0 Å². The Balaban J connectivity index is 3.14. The third-order valence-corrected chi connectivity index (χ3v) is 2.48. The Kier molecular flexibility index (Phi) is 5.31. The van der Waals surface area contributed by atoms with Gasteiger partial charge in [0.05, 0.1) is 31.7 Å². The molecule has 1 aromatic rings. The minimum atomic E-state index is -0.574. The lowest BCUT2D eigenvalue weighted by Crippen LogP contribution is -2.14. The Morgan fingerprint density at radius 2 is 1.85 bits per heavy atom. The van der Waals surface area contributed by atoms with Crippen LogP contribution in [-0.2, 0) is 16.0 Å². The van der Waals surface area contributed by atoms with Gasteiger partial charge in [0, 0.05) is 17.7 Å². The summed E-state index contributed by atoms with van der Waals surface area (Å²) in [7, 11) is 2.74. The molecular formula is C13H17NO6. The zero-order valence-corrected chi connectivity index (χ0v) is 11.8. The number of carbonyl (C=O) groups excluding carboxylic acids is 1. The molecule has 0 aliphatic heterocycles. The Morgan fingerprint density at radius 3 is 2.30 bits per heavy atom. The number of hydrogen-bond donors (Lipinski definition) is 0. The van der Waals surface area contributed by atoms with Gasteiger partial charge in [-0.05, 0) is 13.8 Å². The highest BCUT2D eigenvalue weighted by Crippen LogP contribution is 2.34. The van der Waals surface area contributed by atoms with Crippen molar-refractivity contribution < 1.29 is 23.9 Å². The second-order valence-electron chi connectivity index (χ2n) is 4.31. The van der Waals surface area contributed by atoms with Crippen molar-refractivity contribution in [3.8, 4) is 11.5 Å². The highest BCUT2D eigenvalue weighted by atomic mass is 16.6. The summed E-state index contributed by atoms with van der Waals surface area (Å²) in [4.78, 5) is 22.0. The van der Waals surface area contributed by atoms with Gasteiger partial charge in [-0.3, -0.25) is 14.9 Å². The van der Waals surface area contributed by atoms with E-state index in [1.165, 1.54) is 26.4 Å². The molecule has 7 heteroatoms. The van der Waals surface area contributed by atoms with Crippen molar-refractivity contribution in [2.75, 3.05) is 14.2 Å². The maximum Gasteiger partial charge on any atom is 0.311 e. The molecule has 0 unspecified atom stereocenters. The lowest BCUT2D eigenvalue weighted by Gasteiger charge is -2.12. The first kappa shape index (κ1) is 15.7. The number of hydrogen-bond acceptors (Lipinski definition) is 6. The summed E-state index contributed by atoms with van der Waals surface area (Å²) in [5, 5.41) is 11.0. The summed E-state index contributed by atoms with van der Waals surface area (Å²) in [6, 6.07) is 2.65. The number of nitro benzene ring substituents is 1. The molecule has 0 atom stereocenters. The molecule has 7 nitrogen and oxygen atoms in total. The molecule has 0 radical (unpaired) electrons. The number of ether oxygens (including phenoxy) is 3. The highest BCUT2D eigenvalue weighted by Gasteiger charge is 2.21. The quantitative estimate of drug-likeness (QED) is 0.451. The van der Waals surface area contributed by atoms with E-state index in [9.17, 15) is 14.9 Å². The molecule has 1 rings (SSSR count). The van der Waals surface area contributed by atoms with E-state index in [2.05, 4.69) is 0 Å². The van der Waals surface area contributed by atoms with E-state index < -0.39 is 10.9 Å². The van der Waals surface area contributed by atoms with Crippen molar-refractivity contribution in [2.45, 2.75) is 26.4 Å². The number of methoxy groups -OCH3 is 2. The number of carbonyl (C=O) groups is 1. The predicted octanol–water partition coefficient (Wildman–Crippen LogP) is 2.11. The van der Waals surface area contributed by atoms with Crippen molar-refractivity contribution in [2.24, 2.45) is 0 Å². The minimum absolute atomic E-state index is 0.0767. The maximum absolute atomic E-state index is 11.6. The van der Waals surface area contributed by atoms with Gasteiger partial charge >= 0.3 is 11.7 Å². The number of nitrogens with zero attached hydrogens (tertiary/aromatic N) is 1. The van der Waals surface area contributed by atoms with Crippen molar-refractivity contribution in [1.82, 2.24) is 0 Å². The molecule has 0 aromatic heterocycles. The van der Waals surface area contributed by atoms with Crippen LogP contribution in [-0.4, -0.2) is 31.2 Å². The van der Waals surface area contributed by atoms with Gasteiger partial charge < -0.3 is 14.2 Å². The summed E-state index contributed by atoms with van der Waals surface area (Å²) in [5.41, 5.74) is 0.159. The summed E-state index contributed by atoms with van der Waals surface area (Å²) in [6.45, 7) is 3.46. The zero-order chi connectivity index (χ0) is 15.3. The average molecular weight is 283 g/mol. The Morgan fingerprint density at radius 1 is 1.25 bits per heavy atom. The molecule has 0 fully saturated rings. The molecule has 0 aliphatic carbocycles. The van der Waals surface area contributed by atoms with Crippen LogP contribution in [0.1, 0.15) is 19.4 Å². The number of esters is 1. The topological polar surface area (TPSA) is 87.9 Å². The normalized spacial score (nSPS) is 10.2. The van der Waals surface area contributed by atoms with E-state index in [0.717, 1.165) is 0 Å². The second kappa shape index (κ2) is 6.74. The van der Waals surface area contributed by atoms with Gasteiger partial charge in [-0.15, -0.1) is 0 Å². The van der Waals surface area contributed by atoms with Gasteiger partial charge in [0.1, 0.15) is 5.75 Å². The molecule has 0 bridgehead atoms. The van der Waals surface area contributed by atoms with Crippen LogP contribution in [0.4, 0.5) is 5.69 Å². The molecule has 0 spiro atoms. The third kappa shape index (κ3) is 3.84. The van der Waals surface area contributed by atoms with Crippen LogP contribution < -0.4 is 9.47 Å². The minimum Gasteiger partial charge on any atom is -0.496 e. The lowest BCUT2D eigenvalue weighted by atomic mass is 10.1. The van der Waals surface area contributed by atoms with Crippen LogP contribution in [0, 0.1) is 10.1 Å². The zero-order valence-electron chi connectivity index (χ0n) is 11.8. The molecule has 0 N–H and O–H groups in total. The number of rotatable bonds is 6. The fourth-order valence-electron chi connectivity index (χ4n) is 1.69. The average Bonchev–Trinajstić information content (AvgIpc) is 2.36. The third-order valence-electron chi connectivity index (χ3n) is 2.48. The van der Waals surface area contributed by atoms with E-state index in [1.807, 2.05) is 0 Å². The van der Waals surface area contributed by atoms with Crippen LogP contribution in [0.25, 0.3) is 0 Å². The summed E-state index contributed by atoms with van der Waals surface area (Å²) < 4.78 is 15.1. The molecule has 0 saturated carbocycles. The Labute approximate surface area is 116 Å². The molecular weight excluding hydrogens is 266 g/mol. The Bertz CT molecular complexity index is 512. The van der Waals surface area contributed by atoms with Crippen LogP contribution in [0.2, 0.25) is 0 Å². The standard InChI is InChI=1S/C13H17NO6/c1-8(2)20-13(15)6-9-5-10(14(16)17)12(19-4)7-11(9)18-3/h5,7-8H,6H2,1-4H3. The monoisotopic (exact) mass is 283 g/mol. The molecule has 0 saturated heterocycles. The molecule has 0 heterocycles. The van der Waals surface area contributed by atoms with Crippen LogP contribution >= 0.6 is 0 Å². The lowest BCUT2D eigenvalue weighted by molar-refractivity contribution is -0.385. The van der Waals surface area contributed by atoms with E-state index in [0.29, 0.717) is 11.3 Å². The maximum atomic E-state index is 11.6.